The molecule has 0 spiro atoms. The zero-order chi connectivity index (χ0) is 16.3. The van der Waals surface area contributed by atoms with Crippen molar-refractivity contribution in [3.05, 3.63) is 45.8 Å². The van der Waals surface area contributed by atoms with Crippen LogP contribution in [0.3, 0.4) is 0 Å². The number of hydrogen-bond donors (Lipinski definition) is 2. The summed E-state index contributed by atoms with van der Waals surface area (Å²) < 4.78 is 9.55. The molecule has 1 aromatic heterocycles. The number of fused-ring (bicyclic) bond motifs is 1. The van der Waals surface area contributed by atoms with Crippen molar-refractivity contribution in [2.75, 3.05) is 7.11 Å². The molecule has 116 valence electrons. The van der Waals surface area contributed by atoms with Gasteiger partial charge in [0.2, 0.25) is 5.43 Å². The number of methoxy groups -OCH3 is 1. The lowest BCUT2D eigenvalue weighted by atomic mass is 10.00. The van der Waals surface area contributed by atoms with Gasteiger partial charge in [-0.05, 0) is 17.7 Å². The molecular weight excluding hydrogens is 292 g/mol. The minimum Gasteiger partial charge on any atom is -0.469 e. The van der Waals surface area contributed by atoms with Crippen LogP contribution in [0.4, 0.5) is 0 Å². The second-order valence-corrected chi connectivity index (χ2v) is 4.69. The van der Waals surface area contributed by atoms with E-state index in [1.165, 1.54) is 25.3 Å². The summed E-state index contributed by atoms with van der Waals surface area (Å²) in [4.78, 5) is 33.9. The molecular formula is C15H14O7. The van der Waals surface area contributed by atoms with Crippen LogP contribution in [0.1, 0.15) is 28.4 Å². The monoisotopic (exact) mass is 306 g/mol. The molecule has 22 heavy (non-hydrogen) atoms. The van der Waals surface area contributed by atoms with Gasteiger partial charge in [-0.2, -0.15) is 0 Å². The number of ether oxygens (including phenoxy) is 1. The van der Waals surface area contributed by atoms with E-state index in [-0.39, 0.29) is 22.1 Å². The Morgan fingerprint density at radius 3 is 2.77 bits per heavy atom. The Morgan fingerprint density at radius 1 is 1.41 bits per heavy atom. The van der Waals surface area contributed by atoms with Gasteiger partial charge in [0.15, 0.2) is 6.29 Å². The molecule has 0 amide bonds. The molecule has 2 unspecified atom stereocenters. The first-order valence-corrected chi connectivity index (χ1v) is 6.41. The second-order valence-electron chi connectivity index (χ2n) is 4.69. The fourth-order valence-corrected chi connectivity index (χ4v) is 2.02. The molecule has 0 aliphatic rings. The minimum absolute atomic E-state index is 0.103. The number of aliphatic hydroxyl groups excluding tert-OH is 2. The third kappa shape index (κ3) is 3.05. The summed E-state index contributed by atoms with van der Waals surface area (Å²) in [6, 6.07) is 4.21. The molecule has 0 saturated carbocycles. The average Bonchev–Trinajstić information content (AvgIpc) is 2.54. The van der Waals surface area contributed by atoms with E-state index in [1.54, 1.807) is 0 Å². The minimum atomic E-state index is -1.39. The highest BCUT2D eigenvalue weighted by Crippen LogP contribution is 2.22. The summed E-state index contributed by atoms with van der Waals surface area (Å²) in [6.07, 6.45) is -1.73. The van der Waals surface area contributed by atoms with Crippen LogP contribution in [-0.2, 0) is 9.53 Å². The zero-order valence-corrected chi connectivity index (χ0v) is 11.7. The molecule has 2 N–H and O–H groups in total. The Balaban J connectivity index is 2.39. The number of carbonyl (C=O) groups is 2. The van der Waals surface area contributed by atoms with Crippen LogP contribution in [0, 0.1) is 0 Å². The Morgan fingerprint density at radius 2 is 2.14 bits per heavy atom. The van der Waals surface area contributed by atoms with E-state index in [9.17, 15) is 24.6 Å². The van der Waals surface area contributed by atoms with Gasteiger partial charge in [0.1, 0.15) is 18.0 Å². The molecule has 0 aliphatic heterocycles. The van der Waals surface area contributed by atoms with Gasteiger partial charge in [0.25, 0.3) is 0 Å². The first kappa shape index (κ1) is 15.9. The van der Waals surface area contributed by atoms with Gasteiger partial charge in [-0.25, -0.2) is 0 Å². The van der Waals surface area contributed by atoms with Crippen molar-refractivity contribution in [1.82, 2.24) is 0 Å². The lowest BCUT2D eigenvalue weighted by Gasteiger charge is -2.17. The largest absolute Gasteiger partial charge is 0.469 e. The quantitative estimate of drug-likeness (QED) is 0.613. The van der Waals surface area contributed by atoms with Gasteiger partial charge >= 0.3 is 5.97 Å². The SMILES string of the molecule is COC(=O)CC(O)C(O)c1ccc2occ(C=O)c(=O)c2c1. The summed E-state index contributed by atoms with van der Waals surface area (Å²) in [5, 5.41) is 20.0. The van der Waals surface area contributed by atoms with E-state index in [0.717, 1.165) is 6.26 Å². The molecule has 1 heterocycles. The Hall–Kier alpha value is -2.51. The summed E-state index contributed by atoms with van der Waals surface area (Å²) in [7, 11) is 1.17. The van der Waals surface area contributed by atoms with Gasteiger partial charge in [-0.15, -0.1) is 0 Å². The highest BCUT2D eigenvalue weighted by atomic mass is 16.5. The Labute approximate surface area is 124 Å². The third-order valence-electron chi connectivity index (χ3n) is 3.26. The fraction of sp³-hybridized carbons (Fsp3) is 0.267. The first-order chi connectivity index (χ1) is 10.5. The number of benzene rings is 1. The van der Waals surface area contributed by atoms with Crippen LogP contribution in [-0.4, -0.2) is 35.7 Å². The molecule has 7 heteroatoms. The van der Waals surface area contributed by atoms with E-state index in [0.29, 0.717) is 6.29 Å². The van der Waals surface area contributed by atoms with Crippen LogP contribution in [0.5, 0.6) is 0 Å². The molecule has 1 aromatic carbocycles. The van der Waals surface area contributed by atoms with Crippen LogP contribution >= 0.6 is 0 Å². The lowest BCUT2D eigenvalue weighted by Crippen LogP contribution is -2.22. The summed E-state index contributed by atoms with van der Waals surface area (Å²) in [5.41, 5.74) is -0.213. The van der Waals surface area contributed by atoms with Crippen molar-refractivity contribution < 1.29 is 29.0 Å². The molecule has 0 bridgehead atoms. The standard InChI is InChI=1S/C15H14O7/c1-21-13(18)5-11(17)15(20)8-2-3-12-10(4-8)14(19)9(6-16)7-22-12/h2-4,6-7,11,15,17,20H,5H2,1H3. The van der Waals surface area contributed by atoms with Crippen LogP contribution < -0.4 is 5.43 Å². The number of rotatable bonds is 5. The normalized spacial score (nSPS) is 13.6. The zero-order valence-electron chi connectivity index (χ0n) is 11.7. The second kappa shape index (κ2) is 6.50. The lowest BCUT2D eigenvalue weighted by molar-refractivity contribution is -0.144. The maximum absolute atomic E-state index is 12.0. The predicted molar refractivity (Wildman–Crippen MR) is 75.5 cm³/mol. The molecule has 2 atom stereocenters. The third-order valence-corrected chi connectivity index (χ3v) is 3.26. The molecule has 0 saturated heterocycles. The molecule has 2 aromatic rings. The van der Waals surface area contributed by atoms with Crippen molar-refractivity contribution in [1.29, 1.82) is 0 Å². The van der Waals surface area contributed by atoms with Gasteiger partial charge in [0, 0.05) is 0 Å². The molecule has 0 aliphatic carbocycles. The average molecular weight is 306 g/mol. The Bertz CT molecular complexity index is 762. The van der Waals surface area contributed by atoms with Crippen molar-refractivity contribution in [2.45, 2.75) is 18.6 Å². The van der Waals surface area contributed by atoms with E-state index >= 15 is 0 Å². The Kier molecular flexibility index (Phi) is 4.69. The maximum Gasteiger partial charge on any atom is 0.308 e. The maximum atomic E-state index is 12.0. The van der Waals surface area contributed by atoms with E-state index in [2.05, 4.69) is 4.74 Å². The summed E-state index contributed by atoms with van der Waals surface area (Å²) in [6.45, 7) is 0. The highest BCUT2D eigenvalue weighted by Gasteiger charge is 2.22. The number of carbonyl (C=O) groups excluding carboxylic acids is 2. The first-order valence-electron chi connectivity index (χ1n) is 6.41. The van der Waals surface area contributed by atoms with Gasteiger partial charge in [0.05, 0.1) is 30.6 Å². The molecule has 0 fully saturated rings. The summed E-state index contributed by atoms with van der Waals surface area (Å²) in [5.74, 6) is -0.671. The predicted octanol–water partition coefficient (Wildman–Crippen LogP) is 0.563. The van der Waals surface area contributed by atoms with Gasteiger partial charge in [-0.1, -0.05) is 6.07 Å². The topological polar surface area (TPSA) is 114 Å². The van der Waals surface area contributed by atoms with E-state index in [1.807, 2.05) is 0 Å². The van der Waals surface area contributed by atoms with Crippen LogP contribution in [0.25, 0.3) is 11.0 Å². The molecule has 7 nitrogen and oxygen atoms in total. The van der Waals surface area contributed by atoms with Crippen molar-refractivity contribution >= 4 is 23.2 Å². The van der Waals surface area contributed by atoms with Crippen molar-refractivity contribution in [2.24, 2.45) is 0 Å². The van der Waals surface area contributed by atoms with Gasteiger partial charge < -0.3 is 19.4 Å². The smallest absolute Gasteiger partial charge is 0.308 e. The van der Waals surface area contributed by atoms with E-state index < -0.39 is 30.0 Å². The number of esters is 1. The fourth-order valence-electron chi connectivity index (χ4n) is 2.02. The number of aliphatic hydroxyl groups is 2. The number of hydrogen-bond acceptors (Lipinski definition) is 7. The van der Waals surface area contributed by atoms with Gasteiger partial charge in [-0.3, -0.25) is 14.4 Å². The van der Waals surface area contributed by atoms with Crippen LogP contribution in [0.2, 0.25) is 0 Å². The number of aldehydes is 1. The van der Waals surface area contributed by atoms with E-state index in [4.69, 9.17) is 4.42 Å². The highest BCUT2D eigenvalue weighted by molar-refractivity contribution is 5.84. The van der Waals surface area contributed by atoms with Crippen molar-refractivity contribution in [3.63, 3.8) is 0 Å². The summed E-state index contributed by atoms with van der Waals surface area (Å²) >= 11 is 0. The molecule has 2 rings (SSSR count). The molecule has 0 radical (unpaired) electrons. The van der Waals surface area contributed by atoms with Crippen molar-refractivity contribution in [3.8, 4) is 0 Å². The van der Waals surface area contributed by atoms with Crippen LogP contribution in [0.15, 0.2) is 33.7 Å².